The van der Waals surface area contributed by atoms with Crippen molar-refractivity contribution in [1.29, 1.82) is 0 Å². The second-order valence-corrected chi connectivity index (χ2v) is 5.13. The van der Waals surface area contributed by atoms with E-state index in [1.54, 1.807) is 11.3 Å². The number of hydroxylamine groups is 2. The Hall–Kier alpha value is -1.48. The van der Waals surface area contributed by atoms with E-state index in [-0.39, 0.29) is 5.60 Å². The lowest BCUT2D eigenvalue weighted by Gasteiger charge is -2.29. The van der Waals surface area contributed by atoms with Gasteiger partial charge in [-0.3, -0.25) is 9.90 Å². The molecule has 0 saturated heterocycles. The van der Waals surface area contributed by atoms with Gasteiger partial charge in [0.2, 0.25) is 0 Å². The molecule has 3 nitrogen and oxygen atoms in total. The number of nitrogens with zero attached hydrogens (tertiary/aromatic N) is 1. The quantitative estimate of drug-likeness (QED) is 0.628. The summed E-state index contributed by atoms with van der Waals surface area (Å²) in [7, 11) is 0. The minimum Gasteiger partial charge on any atom is -0.485 e. The lowest BCUT2D eigenvalue weighted by Crippen LogP contribution is -2.37. The van der Waals surface area contributed by atoms with Crippen molar-refractivity contribution in [2.24, 2.45) is 0 Å². The van der Waals surface area contributed by atoms with Gasteiger partial charge < -0.3 is 4.74 Å². The summed E-state index contributed by atoms with van der Waals surface area (Å²) >= 11 is 0. The van der Waals surface area contributed by atoms with Gasteiger partial charge in [0.1, 0.15) is 18.0 Å². The highest BCUT2D eigenvalue weighted by Gasteiger charge is 2.21. The summed E-state index contributed by atoms with van der Waals surface area (Å²) in [5.41, 5.74) is -0.380. The minimum absolute atomic E-state index is 0.380. The molecule has 0 aromatic heterocycles. The van der Waals surface area contributed by atoms with Crippen molar-refractivity contribution in [1.82, 2.24) is 5.06 Å². The molecule has 19 heavy (non-hydrogen) atoms. The van der Waals surface area contributed by atoms with Gasteiger partial charge in [0.05, 0.1) is 0 Å². The predicted molar refractivity (Wildman–Crippen MR) is 78.9 cm³/mol. The van der Waals surface area contributed by atoms with Crippen LogP contribution in [0.4, 0.5) is 0 Å². The van der Waals surface area contributed by atoms with Crippen LogP contribution >= 0.6 is 0 Å². The molecule has 0 radical (unpaired) electrons. The predicted octanol–water partition coefficient (Wildman–Crippen LogP) is 4.02. The van der Waals surface area contributed by atoms with Gasteiger partial charge in [-0.05, 0) is 32.4 Å². The second kappa shape index (κ2) is 7.85. The van der Waals surface area contributed by atoms with Gasteiger partial charge in [-0.25, -0.2) is 0 Å². The van der Waals surface area contributed by atoms with Gasteiger partial charge >= 0.3 is 0 Å². The molecule has 1 aromatic carbocycles. The molecule has 1 rings (SSSR count). The van der Waals surface area contributed by atoms with Crippen LogP contribution in [0.15, 0.2) is 43.1 Å². The second-order valence-electron chi connectivity index (χ2n) is 5.13. The molecule has 0 aliphatic rings. The Morgan fingerprint density at radius 3 is 2.53 bits per heavy atom. The highest BCUT2D eigenvalue weighted by atomic mass is 16.7. The van der Waals surface area contributed by atoms with Gasteiger partial charge in [0.25, 0.3) is 0 Å². The zero-order valence-electron chi connectivity index (χ0n) is 12.3. The van der Waals surface area contributed by atoms with E-state index in [1.165, 1.54) is 0 Å². The average molecular weight is 263 g/mol. The Morgan fingerprint density at radius 1 is 1.26 bits per heavy atom. The summed E-state index contributed by atoms with van der Waals surface area (Å²) in [6.07, 6.45) is 3.94. The number of para-hydroxylation sites is 1. The van der Waals surface area contributed by atoms with E-state index in [1.807, 2.05) is 44.2 Å². The normalized spacial score (nSPS) is 11.1. The van der Waals surface area contributed by atoms with Crippen LogP contribution in [0.5, 0.6) is 5.75 Å². The third-order valence-corrected chi connectivity index (χ3v) is 2.65. The van der Waals surface area contributed by atoms with Crippen LogP contribution in [-0.4, -0.2) is 23.8 Å². The largest absolute Gasteiger partial charge is 0.485 e. The molecule has 0 spiro atoms. The summed E-state index contributed by atoms with van der Waals surface area (Å²) < 4.78 is 5.92. The molecule has 0 N–H and O–H groups in total. The molecule has 0 aliphatic carbocycles. The maximum absolute atomic E-state index is 5.92. The highest BCUT2D eigenvalue weighted by molar-refractivity contribution is 5.21. The van der Waals surface area contributed by atoms with Crippen LogP contribution in [0.1, 0.15) is 33.6 Å². The van der Waals surface area contributed by atoms with Crippen molar-refractivity contribution in [3.63, 3.8) is 0 Å². The van der Waals surface area contributed by atoms with E-state index >= 15 is 0 Å². The Bertz CT molecular complexity index is 362. The van der Waals surface area contributed by atoms with E-state index in [4.69, 9.17) is 9.57 Å². The summed E-state index contributed by atoms with van der Waals surface area (Å²) in [5, 5.41) is 1.78. The van der Waals surface area contributed by atoms with E-state index in [2.05, 4.69) is 13.5 Å². The third kappa shape index (κ3) is 6.30. The Labute approximate surface area is 116 Å². The van der Waals surface area contributed by atoms with Crippen molar-refractivity contribution >= 4 is 0 Å². The fraction of sp³-hybridized carbons (Fsp3) is 0.500. The monoisotopic (exact) mass is 263 g/mol. The number of ether oxygens (including phenoxy) is 1. The lowest BCUT2D eigenvalue weighted by atomic mass is 10.1. The van der Waals surface area contributed by atoms with Gasteiger partial charge in [-0.1, -0.05) is 38.1 Å². The van der Waals surface area contributed by atoms with Crippen molar-refractivity contribution in [2.75, 3.05) is 13.2 Å². The summed E-state index contributed by atoms with van der Waals surface area (Å²) in [4.78, 5) is 5.72. The van der Waals surface area contributed by atoms with E-state index < -0.39 is 0 Å². The zero-order chi connectivity index (χ0) is 14.1. The molecular formula is C16H25NO2. The van der Waals surface area contributed by atoms with Crippen LogP contribution in [0.25, 0.3) is 0 Å². The number of benzene rings is 1. The summed E-state index contributed by atoms with van der Waals surface area (Å²) in [6.45, 7) is 11.3. The first kappa shape index (κ1) is 15.6. The molecule has 0 heterocycles. The van der Waals surface area contributed by atoms with Gasteiger partial charge in [-0.15, -0.1) is 0 Å². The van der Waals surface area contributed by atoms with Crippen molar-refractivity contribution < 1.29 is 9.57 Å². The molecule has 0 bridgehead atoms. The number of hydrogen-bond acceptors (Lipinski definition) is 3. The molecule has 1 aromatic rings. The fourth-order valence-corrected chi connectivity index (χ4v) is 1.60. The smallest absolute Gasteiger partial charge is 0.129 e. The van der Waals surface area contributed by atoms with E-state index in [0.29, 0.717) is 6.61 Å². The molecular weight excluding hydrogens is 238 g/mol. The van der Waals surface area contributed by atoms with Crippen LogP contribution in [0.3, 0.4) is 0 Å². The lowest BCUT2D eigenvalue weighted by molar-refractivity contribution is -0.159. The number of hydrogen-bond donors (Lipinski definition) is 0. The molecule has 0 fully saturated rings. The van der Waals surface area contributed by atoms with Gasteiger partial charge in [0.15, 0.2) is 0 Å². The highest BCUT2D eigenvalue weighted by Crippen LogP contribution is 2.18. The van der Waals surface area contributed by atoms with Gasteiger partial charge in [-0.2, -0.15) is 0 Å². The van der Waals surface area contributed by atoms with Crippen LogP contribution in [-0.2, 0) is 4.84 Å². The van der Waals surface area contributed by atoms with Gasteiger partial charge in [0, 0.05) is 12.7 Å². The molecule has 0 atom stereocenters. The van der Waals surface area contributed by atoms with Crippen molar-refractivity contribution in [3.05, 3.63) is 43.1 Å². The van der Waals surface area contributed by atoms with Crippen molar-refractivity contribution in [2.45, 2.75) is 39.2 Å². The maximum atomic E-state index is 5.92. The SMILES string of the molecule is C=CN(CCCC)OCC(C)(C)Oc1ccccc1. The Morgan fingerprint density at radius 2 is 1.95 bits per heavy atom. The van der Waals surface area contributed by atoms with Crippen molar-refractivity contribution in [3.8, 4) is 5.75 Å². The number of rotatable bonds is 9. The van der Waals surface area contributed by atoms with Crippen LogP contribution in [0, 0.1) is 0 Å². The zero-order valence-corrected chi connectivity index (χ0v) is 12.3. The molecule has 0 aliphatic heterocycles. The first-order valence-electron chi connectivity index (χ1n) is 6.83. The Kier molecular flexibility index (Phi) is 6.43. The molecule has 0 saturated carbocycles. The standard InChI is InChI=1S/C16H25NO2/c1-5-7-13-17(6-2)18-14-16(3,4)19-15-11-9-8-10-12-15/h6,8-12H,2,5,7,13-14H2,1,3-4H3. The fourth-order valence-electron chi connectivity index (χ4n) is 1.60. The van der Waals surface area contributed by atoms with E-state index in [9.17, 15) is 0 Å². The minimum atomic E-state index is -0.380. The maximum Gasteiger partial charge on any atom is 0.129 e. The first-order chi connectivity index (χ1) is 9.07. The summed E-state index contributed by atoms with van der Waals surface area (Å²) in [5.74, 6) is 0.856. The number of unbranched alkanes of at least 4 members (excludes halogenated alkanes) is 1. The molecule has 0 unspecified atom stereocenters. The summed E-state index contributed by atoms with van der Waals surface area (Å²) in [6, 6.07) is 9.79. The third-order valence-electron chi connectivity index (χ3n) is 2.65. The molecule has 106 valence electrons. The molecule has 3 heteroatoms. The van der Waals surface area contributed by atoms with Crippen LogP contribution in [0.2, 0.25) is 0 Å². The first-order valence-corrected chi connectivity index (χ1v) is 6.83. The molecule has 0 amide bonds. The topological polar surface area (TPSA) is 21.7 Å². The Balaban J connectivity index is 2.43. The van der Waals surface area contributed by atoms with E-state index in [0.717, 1.165) is 25.1 Å². The van der Waals surface area contributed by atoms with Crippen LogP contribution < -0.4 is 4.74 Å². The average Bonchev–Trinajstić information content (AvgIpc) is 2.39.